The average molecular weight is 518 g/mol. The van der Waals surface area contributed by atoms with E-state index in [0.717, 1.165) is 19.1 Å². The fraction of sp³-hybridized carbons (Fsp3) is 0.269. The summed E-state index contributed by atoms with van der Waals surface area (Å²) in [7, 11) is 1.58. The molecule has 1 unspecified atom stereocenters. The molecule has 0 spiro atoms. The second-order valence-electron chi connectivity index (χ2n) is 8.13. The summed E-state index contributed by atoms with van der Waals surface area (Å²) >= 11 is 12.8. The molecule has 1 aromatic heterocycles. The summed E-state index contributed by atoms with van der Waals surface area (Å²) in [5.74, 6) is 1.22. The van der Waals surface area contributed by atoms with Crippen LogP contribution in [0.25, 0.3) is 0 Å². The van der Waals surface area contributed by atoms with E-state index in [1.165, 1.54) is 0 Å². The van der Waals surface area contributed by atoms with Crippen LogP contribution in [0.2, 0.25) is 10.0 Å². The van der Waals surface area contributed by atoms with Crippen LogP contribution in [0.3, 0.4) is 0 Å². The second kappa shape index (κ2) is 12.0. The van der Waals surface area contributed by atoms with Crippen molar-refractivity contribution in [2.24, 2.45) is 5.92 Å². The molecule has 7 nitrogen and oxygen atoms in total. The highest BCUT2D eigenvalue weighted by Gasteiger charge is 2.25. The summed E-state index contributed by atoms with van der Waals surface area (Å²) in [6.07, 6.45) is 5.83. The molecule has 0 aliphatic heterocycles. The molecule has 0 bridgehead atoms. The summed E-state index contributed by atoms with van der Waals surface area (Å²) in [6.45, 7) is 0.611. The maximum Gasteiger partial charge on any atom is 0.338 e. The third-order valence-corrected chi connectivity index (χ3v) is 6.32. The number of hydrogen-bond acceptors (Lipinski definition) is 6. The van der Waals surface area contributed by atoms with Crippen molar-refractivity contribution in [1.29, 1.82) is 0 Å². The van der Waals surface area contributed by atoms with E-state index in [1.54, 1.807) is 49.8 Å². The molecule has 2 aromatic carbocycles. The lowest BCUT2D eigenvalue weighted by atomic mass is 10.0. The van der Waals surface area contributed by atoms with E-state index in [4.69, 9.17) is 37.4 Å². The van der Waals surface area contributed by atoms with Gasteiger partial charge in [0.05, 0.1) is 19.3 Å². The number of ether oxygens (including phenoxy) is 3. The van der Waals surface area contributed by atoms with Crippen LogP contribution < -0.4 is 14.5 Å². The molecular formula is C26H25Cl2NO6. The fourth-order valence-corrected chi connectivity index (χ4v) is 4.01. The number of carbonyl (C=O) groups excluding carboxylic acids is 2. The standard InChI is InChI=1S/C26H23Cl2NO5.H2O/c1-32-23-9-8-19(10-25(23)33-15-17-2-3-17)24(11-20-21(27)12-29-13-22(20)28)34-26(31)18-6-4-16(14-30)5-7-18;/h4-10,12-14,17,24H,2-3,11,15H2,1H3;1H2. The van der Waals surface area contributed by atoms with Gasteiger partial charge in [-0.3, -0.25) is 4.79 Å². The molecule has 1 saturated carbocycles. The number of hydrogen-bond donors (Lipinski definition) is 0. The van der Waals surface area contributed by atoms with Crippen LogP contribution in [-0.4, -0.2) is 31.4 Å². The van der Waals surface area contributed by atoms with Crippen LogP contribution in [0.15, 0.2) is 54.9 Å². The van der Waals surface area contributed by atoms with Crippen molar-refractivity contribution in [3.8, 4) is 11.5 Å². The van der Waals surface area contributed by atoms with Gasteiger partial charge in [-0.05, 0) is 48.6 Å². The van der Waals surface area contributed by atoms with Gasteiger partial charge in [-0.1, -0.05) is 41.4 Å². The summed E-state index contributed by atoms with van der Waals surface area (Å²) in [5, 5.41) is 0.866. The maximum absolute atomic E-state index is 13.0. The number of H-pyrrole nitrogens is 1. The second-order valence-corrected chi connectivity index (χ2v) is 8.95. The quantitative estimate of drug-likeness (QED) is 0.264. The topological polar surface area (TPSA) is 106 Å². The zero-order valence-corrected chi connectivity index (χ0v) is 20.5. The normalized spacial score (nSPS) is 13.3. The van der Waals surface area contributed by atoms with Gasteiger partial charge < -0.3 is 19.7 Å². The number of rotatable bonds is 10. The molecule has 1 atom stereocenters. The molecule has 1 aliphatic rings. The molecule has 0 amide bonds. The van der Waals surface area contributed by atoms with E-state index in [1.807, 2.05) is 12.1 Å². The fourth-order valence-electron chi connectivity index (χ4n) is 3.48. The maximum atomic E-state index is 13.0. The Morgan fingerprint density at radius 3 is 2.37 bits per heavy atom. The third-order valence-electron chi connectivity index (χ3n) is 5.65. The minimum atomic E-state index is -0.704. The lowest BCUT2D eigenvalue weighted by Crippen LogP contribution is -2.16. The molecule has 0 radical (unpaired) electrons. The van der Waals surface area contributed by atoms with Gasteiger partial charge in [-0.15, -0.1) is 0 Å². The van der Waals surface area contributed by atoms with Crippen molar-refractivity contribution in [2.45, 2.75) is 25.4 Å². The number of pyridine rings is 1. The monoisotopic (exact) mass is 517 g/mol. The van der Waals surface area contributed by atoms with Crippen LogP contribution in [-0.2, 0) is 11.2 Å². The molecular weight excluding hydrogens is 493 g/mol. The van der Waals surface area contributed by atoms with Gasteiger partial charge in [-0.25, -0.2) is 9.78 Å². The van der Waals surface area contributed by atoms with E-state index >= 15 is 0 Å². The van der Waals surface area contributed by atoms with Crippen LogP contribution in [0.1, 0.15) is 50.8 Å². The molecule has 2 N–H and O–H groups in total. The number of benzene rings is 2. The number of halogens is 2. The predicted octanol–water partition coefficient (Wildman–Crippen LogP) is 5.38. The summed E-state index contributed by atoms with van der Waals surface area (Å²) in [4.78, 5) is 26.8. The molecule has 184 valence electrons. The molecule has 9 heteroatoms. The Bertz CT molecular complexity index is 1160. The van der Waals surface area contributed by atoms with E-state index in [0.29, 0.717) is 56.3 Å². The average Bonchev–Trinajstić information content (AvgIpc) is 3.68. The first-order valence-electron chi connectivity index (χ1n) is 10.9. The van der Waals surface area contributed by atoms with Gasteiger partial charge in [0, 0.05) is 17.5 Å². The first kappa shape index (κ1) is 26.5. The van der Waals surface area contributed by atoms with Gasteiger partial charge in [0.2, 0.25) is 0 Å². The van der Waals surface area contributed by atoms with Crippen molar-refractivity contribution >= 4 is 35.5 Å². The van der Waals surface area contributed by atoms with Gasteiger partial charge >= 0.3 is 5.97 Å². The molecule has 0 saturated heterocycles. The summed E-state index contributed by atoms with van der Waals surface area (Å²) < 4.78 is 17.4. The van der Waals surface area contributed by atoms with Crippen LogP contribution >= 0.6 is 23.2 Å². The van der Waals surface area contributed by atoms with Crippen LogP contribution in [0, 0.1) is 5.92 Å². The van der Waals surface area contributed by atoms with E-state index in [-0.39, 0.29) is 11.9 Å². The highest BCUT2D eigenvalue weighted by Crippen LogP contribution is 2.37. The van der Waals surface area contributed by atoms with Gasteiger partial charge in [0.15, 0.2) is 23.9 Å². The van der Waals surface area contributed by atoms with E-state index < -0.39 is 12.1 Å². The highest BCUT2D eigenvalue weighted by molar-refractivity contribution is 6.35. The Morgan fingerprint density at radius 2 is 1.77 bits per heavy atom. The Hall–Kier alpha value is -3.13. The van der Waals surface area contributed by atoms with Crippen molar-refractivity contribution in [2.75, 3.05) is 13.7 Å². The Labute approximate surface area is 213 Å². The zero-order chi connectivity index (χ0) is 24.1. The third kappa shape index (κ3) is 6.72. The molecule has 1 aliphatic carbocycles. The summed E-state index contributed by atoms with van der Waals surface area (Å²) in [6, 6.07) is 11.7. The summed E-state index contributed by atoms with van der Waals surface area (Å²) in [5.41, 5.74) is 2.16. The molecule has 3 aromatic rings. The molecule has 1 heterocycles. The number of methoxy groups -OCH3 is 1. The van der Waals surface area contributed by atoms with E-state index in [9.17, 15) is 9.59 Å². The van der Waals surface area contributed by atoms with E-state index in [2.05, 4.69) is 4.98 Å². The van der Waals surface area contributed by atoms with Crippen molar-refractivity contribution in [3.05, 3.63) is 87.2 Å². The largest absolute Gasteiger partial charge is 0.870 e. The Morgan fingerprint density at radius 1 is 1.09 bits per heavy atom. The zero-order valence-electron chi connectivity index (χ0n) is 19.0. The molecule has 4 rings (SSSR count). The number of nitrogens with one attached hydrogen (secondary N) is 1. The number of carbonyl (C=O) groups is 2. The van der Waals surface area contributed by atoms with Gasteiger partial charge in [0.25, 0.3) is 0 Å². The first-order chi connectivity index (χ1) is 16.5. The van der Waals surface area contributed by atoms with Gasteiger partial charge in [-0.2, -0.15) is 0 Å². The number of aromatic nitrogens is 1. The first-order valence-corrected chi connectivity index (χ1v) is 11.6. The Kier molecular flexibility index (Phi) is 9.09. The minimum Gasteiger partial charge on any atom is -0.870 e. The predicted molar refractivity (Wildman–Crippen MR) is 130 cm³/mol. The minimum absolute atomic E-state index is 0. The number of aromatic amines is 1. The van der Waals surface area contributed by atoms with Crippen molar-refractivity contribution in [1.82, 2.24) is 0 Å². The molecule has 1 fully saturated rings. The highest BCUT2D eigenvalue weighted by atomic mass is 35.5. The van der Waals surface area contributed by atoms with Crippen LogP contribution in [0.4, 0.5) is 0 Å². The lowest BCUT2D eigenvalue weighted by molar-refractivity contribution is -0.377. The Balaban J connectivity index is 0.00000342. The number of esters is 1. The number of aldehydes is 1. The van der Waals surface area contributed by atoms with Crippen molar-refractivity contribution in [3.63, 3.8) is 0 Å². The lowest BCUT2D eigenvalue weighted by Gasteiger charge is -2.21. The van der Waals surface area contributed by atoms with Crippen molar-refractivity contribution < 1.29 is 34.3 Å². The van der Waals surface area contributed by atoms with Crippen LogP contribution in [0.5, 0.6) is 11.5 Å². The SMILES string of the molecule is COc1ccc(C(Cc2c(Cl)c[nH+]cc2Cl)OC(=O)c2ccc(C=O)cc2)cc1OCC1CC1.[OH-]. The van der Waals surface area contributed by atoms with Gasteiger partial charge in [0.1, 0.15) is 22.4 Å². The smallest absolute Gasteiger partial charge is 0.338 e. The molecule has 35 heavy (non-hydrogen) atoms.